The van der Waals surface area contributed by atoms with Crippen molar-refractivity contribution in [2.45, 2.75) is 163 Å². The average Bonchev–Trinajstić information content (AvgIpc) is 3.67. The summed E-state index contributed by atoms with van der Waals surface area (Å²) in [6.07, 6.45) is 13.9. The van der Waals surface area contributed by atoms with E-state index in [0.717, 1.165) is 44.9 Å². The Morgan fingerprint density at radius 3 is 2.24 bits per heavy atom. The van der Waals surface area contributed by atoms with Crippen LogP contribution in [0, 0.1) is 68.5 Å². The van der Waals surface area contributed by atoms with Crippen LogP contribution in [-0.2, 0) is 19.1 Å². The van der Waals surface area contributed by atoms with Crippen molar-refractivity contribution >= 4 is 17.8 Å². The van der Waals surface area contributed by atoms with Crippen LogP contribution in [0.1, 0.15) is 145 Å². The van der Waals surface area contributed by atoms with E-state index in [1.165, 1.54) is 37.7 Å². The standard InChI is InChI=1S/C44H72N2O5/c1-26(2)30-14-15-31-27(22-36(47)45-28-12-13-29(23-28)46(10)11)24-44(9)32(38(30)31)16-17-34-42(7)20-19-35(51-37(48)25-40(3,4)39(49)50)41(5,6)33(42)18-21-43(34,44)8/h27-35,38H,1,12-25H2,2-11H3,(H,45,47)(H,49,50)/t27-,28-,29+,30-,31?,32+,33-,34+,35-,38-,42-,43+,44+/m0/s1. The van der Waals surface area contributed by atoms with Crippen molar-refractivity contribution < 1.29 is 24.2 Å². The maximum atomic E-state index is 13.9. The topological polar surface area (TPSA) is 95.9 Å². The average molecular weight is 709 g/mol. The molecule has 0 aromatic carbocycles. The van der Waals surface area contributed by atoms with Gasteiger partial charge in [-0.15, -0.1) is 0 Å². The SMILES string of the molecule is C=C(C)[C@@H]1CCC2[C@@H](CC(=O)N[C@H]3CC[C@@H](N(C)C)C3)C[C@]3(C)[C@H](CC[C@@H]4[C@@]5(C)CC[C@H](OC(=O)CC(C)(C)C(=O)O)C(C)(C)[C@@H]5CC[C@]43C)[C@H]21. The van der Waals surface area contributed by atoms with Gasteiger partial charge in [0.15, 0.2) is 0 Å². The van der Waals surface area contributed by atoms with Gasteiger partial charge in [0.05, 0.1) is 11.8 Å². The molecule has 7 nitrogen and oxygen atoms in total. The molecular weight excluding hydrogens is 636 g/mol. The zero-order valence-corrected chi connectivity index (χ0v) is 33.9. The van der Waals surface area contributed by atoms with Crippen LogP contribution in [-0.4, -0.2) is 60.1 Å². The molecule has 0 aromatic heterocycles. The van der Waals surface area contributed by atoms with Gasteiger partial charge in [-0.2, -0.15) is 0 Å². The Kier molecular flexibility index (Phi) is 10.2. The fourth-order valence-electron chi connectivity index (χ4n) is 14.6. The van der Waals surface area contributed by atoms with Crippen molar-refractivity contribution in [3.05, 3.63) is 12.2 Å². The van der Waals surface area contributed by atoms with Crippen LogP contribution in [0.4, 0.5) is 0 Å². The molecular formula is C44H72N2O5. The summed E-state index contributed by atoms with van der Waals surface area (Å²) in [5.41, 5.74) is 0.449. The van der Waals surface area contributed by atoms with Crippen molar-refractivity contribution in [2.24, 2.45) is 68.5 Å². The third-order valence-corrected chi connectivity index (χ3v) is 17.4. The second-order valence-electron chi connectivity index (χ2n) is 21.0. The van der Waals surface area contributed by atoms with E-state index in [2.05, 4.69) is 72.4 Å². The van der Waals surface area contributed by atoms with Crippen LogP contribution in [0.3, 0.4) is 0 Å². The highest BCUT2D eigenvalue weighted by molar-refractivity contribution is 5.81. The molecule has 0 bridgehead atoms. The molecule has 6 saturated carbocycles. The molecule has 6 rings (SSSR count). The van der Waals surface area contributed by atoms with Gasteiger partial charge in [-0.1, -0.05) is 46.8 Å². The summed E-state index contributed by atoms with van der Waals surface area (Å²) in [5.74, 6) is 2.77. The number of esters is 1. The predicted octanol–water partition coefficient (Wildman–Crippen LogP) is 8.90. The molecule has 0 heterocycles. The second kappa shape index (κ2) is 13.4. The second-order valence-corrected chi connectivity index (χ2v) is 21.0. The third-order valence-electron chi connectivity index (χ3n) is 17.4. The molecule has 6 fully saturated rings. The van der Waals surface area contributed by atoms with Crippen LogP contribution in [0.25, 0.3) is 0 Å². The fraction of sp³-hybridized carbons (Fsp3) is 0.886. The van der Waals surface area contributed by atoms with Gasteiger partial charge in [0.25, 0.3) is 0 Å². The van der Waals surface area contributed by atoms with Gasteiger partial charge in [0, 0.05) is 23.9 Å². The smallest absolute Gasteiger partial charge is 0.309 e. The number of nitrogens with zero attached hydrogens (tertiary/aromatic N) is 1. The number of allylic oxidation sites excluding steroid dienone is 1. The minimum Gasteiger partial charge on any atom is -0.481 e. The first-order valence-electron chi connectivity index (χ1n) is 20.7. The lowest BCUT2D eigenvalue weighted by Crippen LogP contribution is -2.66. The summed E-state index contributed by atoms with van der Waals surface area (Å²) in [7, 11) is 4.32. The van der Waals surface area contributed by atoms with Crippen molar-refractivity contribution in [3.8, 4) is 0 Å². The van der Waals surface area contributed by atoms with Gasteiger partial charge in [-0.3, -0.25) is 14.4 Å². The molecule has 1 unspecified atom stereocenters. The third kappa shape index (κ3) is 6.43. The molecule has 0 aliphatic heterocycles. The monoisotopic (exact) mass is 709 g/mol. The van der Waals surface area contributed by atoms with Crippen LogP contribution in [0.15, 0.2) is 12.2 Å². The molecule has 7 heteroatoms. The minimum absolute atomic E-state index is 0.110. The Morgan fingerprint density at radius 2 is 1.61 bits per heavy atom. The number of carboxylic acid groups (broad SMARTS) is 1. The number of hydrogen-bond donors (Lipinski definition) is 2. The predicted molar refractivity (Wildman–Crippen MR) is 203 cm³/mol. The Bertz CT molecular complexity index is 1390. The normalized spacial score (nSPS) is 44.5. The van der Waals surface area contributed by atoms with E-state index in [1.54, 1.807) is 13.8 Å². The first-order valence-corrected chi connectivity index (χ1v) is 20.7. The number of aliphatic carboxylic acids is 1. The highest BCUT2D eigenvalue weighted by atomic mass is 16.5. The summed E-state index contributed by atoms with van der Waals surface area (Å²) in [5, 5.41) is 13.1. The Hall–Kier alpha value is -1.89. The van der Waals surface area contributed by atoms with Crippen LogP contribution >= 0.6 is 0 Å². The Labute approximate surface area is 309 Å². The first-order chi connectivity index (χ1) is 23.7. The van der Waals surface area contributed by atoms with E-state index < -0.39 is 17.4 Å². The zero-order chi connectivity index (χ0) is 37.5. The molecule has 0 aromatic rings. The summed E-state index contributed by atoms with van der Waals surface area (Å²) in [4.78, 5) is 41.1. The quantitative estimate of drug-likeness (QED) is 0.184. The summed E-state index contributed by atoms with van der Waals surface area (Å²) >= 11 is 0. The first kappa shape index (κ1) is 38.8. The summed E-state index contributed by atoms with van der Waals surface area (Å²) in [6, 6.07) is 0.861. The number of nitrogens with one attached hydrogen (secondary N) is 1. The Morgan fingerprint density at radius 1 is 0.902 bits per heavy atom. The molecule has 6 aliphatic rings. The molecule has 6 aliphatic carbocycles. The molecule has 2 N–H and O–H groups in total. The number of ether oxygens (including phenoxy) is 1. The van der Waals surface area contributed by atoms with Gasteiger partial charge in [-0.05, 0) is 170 Å². The highest BCUT2D eigenvalue weighted by Crippen LogP contribution is 2.77. The maximum Gasteiger partial charge on any atom is 0.309 e. The molecule has 288 valence electrons. The van der Waals surface area contributed by atoms with E-state index in [0.29, 0.717) is 59.9 Å². The minimum atomic E-state index is -1.14. The molecule has 51 heavy (non-hydrogen) atoms. The van der Waals surface area contributed by atoms with Crippen molar-refractivity contribution in [1.82, 2.24) is 10.2 Å². The molecule has 0 radical (unpaired) electrons. The van der Waals surface area contributed by atoms with Crippen LogP contribution < -0.4 is 5.32 Å². The summed E-state index contributed by atoms with van der Waals surface area (Å²) < 4.78 is 6.20. The van der Waals surface area contributed by atoms with E-state index in [1.807, 2.05) is 0 Å². The van der Waals surface area contributed by atoms with E-state index >= 15 is 0 Å². The van der Waals surface area contributed by atoms with Crippen LogP contribution in [0.2, 0.25) is 0 Å². The fourth-order valence-corrected chi connectivity index (χ4v) is 14.6. The number of rotatable bonds is 9. The lowest BCUT2D eigenvalue weighted by molar-refractivity contribution is -0.249. The van der Waals surface area contributed by atoms with Gasteiger partial charge >= 0.3 is 11.9 Å². The number of fused-ring (bicyclic) bond motifs is 7. The number of carbonyl (C=O) groups excluding carboxylic acids is 2. The molecule has 0 saturated heterocycles. The number of hydrogen-bond acceptors (Lipinski definition) is 5. The van der Waals surface area contributed by atoms with E-state index in [9.17, 15) is 19.5 Å². The van der Waals surface area contributed by atoms with Gasteiger partial charge in [0.1, 0.15) is 6.10 Å². The lowest BCUT2D eigenvalue weighted by atomic mass is 9.32. The Balaban J connectivity index is 1.24. The number of carbonyl (C=O) groups is 3. The maximum absolute atomic E-state index is 13.9. The molecule has 13 atom stereocenters. The molecule has 1 amide bonds. The van der Waals surface area contributed by atoms with Gasteiger partial charge in [0.2, 0.25) is 5.91 Å². The highest BCUT2D eigenvalue weighted by Gasteiger charge is 2.70. The lowest BCUT2D eigenvalue weighted by Gasteiger charge is -2.73. The van der Waals surface area contributed by atoms with Gasteiger partial charge in [-0.25, -0.2) is 0 Å². The van der Waals surface area contributed by atoms with E-state index in [4.69, 9.17) is 4.74 Å². The number of amides is 1. The van der Waals surface area contributed by atoms with Crippen molar-refractivity contribution in [3.63, 3.8) is 0 Å². The summed E-state index contributed by atoms with van der Waals surface area (Å²) in [6.45, 7) is 22.5. The van der Waals surface area contributed by atoms with Crippen molar-refractivity contribution in [2.75, 3.05) is 14.1 Å². The van der Waals surface area contributed by atoms with Gasteiger partial charge < -0.3 is 20.1 Å². The largest absolute Gasteiger partial charge is 0.481 e. The van der Waals surface area contributed by atoms with Crippen molar-refractivity contribution in [1.29, 1.82) is 0 Å². The van der Waals surface area contributed by atoms with Crippen LogP contribution in [0.5, 0.6) is 0 Å². The van der Waals surface area contributed by atoms with E-state index in [-0.39, 0.29) is 40.1 Å². The molecule has 0 spiro atoms. The number of carboxylic acids is 1. The zero-order valence-electron chi connectivity index (χ0n) is 33.9.